The van der Waals surface area contributed by atoms with Crippen LogP contribution in [0.25, 0.3) is 0 Å². The first-order valence-corrected chi connectivity index (χ1v) is 8.25. The maximum atomic E-state index is 12.1. The zero-order valence-electron chi connectivity index (χ0n) is 10.6. The maximum absolute atomic E-state index is 12.1. The Morgan fingerprint density at radius 1 is 1.44 bits per heavy atom. The number of carbonyl (C=O) groups excluding carboxylic acids is 1. The van der Waals surface area contributed by atoms with Gasteiger partial charge in [-0.05, 0) is 19.8 Å². The number of aromatic nitrogens is 2. The van der Waals surface area contributed by atoms with Crippen LogP contribution >= 0.6 is 23.1 Å². The number of carbonyl (C=O) groups is 1. The predicted molar refractivity (Wildman–Crippen MR) is 74.9 cm³/mol. The summed E-state index contributed by atoms with van der Waals surface area (Å²) >= 11 is 2.96. The van der Waals surface area contributed by atoms with E-state index in [4.69, 9.17) is 0 Å². The Labute approximate surface area is 116 Å². The lowest BCUT2D eigenvalue weighted by atomic mass is 10.1. The Bertz CT molecular complexity index is 361. The van der Waals surface area contributed by atoms with E-state index in [2.05, 4.69) is 15.5 Å². The lowest BCUT2D eigenvalue weighted by molar-refractivity contribution is -0.121. The molecule has 6 heteroatoms. The van der Waals surface area contributed by atoms with Gasteiger partial charge in [-0.3, -0.25) is 4.79 Å². The smallest absolute Gasteiger partial charge is 0.233 e. The second kappa shape index (κ2) is 7.09. The van der Waals surface area contributed by atoms with Gasteiger partial charge in [0.1, 0.15) is 5.51 Å². The van der Waals surface area contributed by atoms with Crippen LogP contribution in [0.2, 0.25) is 0 Å². The molecule has 100 valence electrons. The highest BCUT2D eigenvalue weighted by Gasteiger charge is 2.20. The van der Waals surface area contributed by atoms with Crippen LogP contribution in [0, 0.1) is 0 Å². The van der Waals surface area contributed by atoms with E-state index < -0.39 is 0 Å². The SMILES string of the molecule is C[C@H](Sc1nncs1)C(=O)NC1CCCCCC1. The third-order valence-electron chi connectivity index (χ3n) is 3.19. The van der Waals surface area contributed by atoms with Gasteiger partial charge in [0, 0.05) is 6.04 Å². The van der Waals surface area contributed by atoms with Crippen molar-refractivity contribution < 1.29 is 4.79 Å². The minimum atomic E-state index is -0.0961. The monoisotopic (exact) mass is 285 g/mol. The van der Waals surface area contributed by atoms with E-state index in [-0.39, 0.29) is 11.2 Å². The Morgan fingerprint density at radius 3 is 2.78 bits per heavy atom. The van der Waals surface area contributed by atoms with Gasteiger partial charge in [0.05, 0.1) is 5.25 Å². The average molecular weight is 285 g/mol. The van der Waals surface area contributed by atoms with Gasteiger partial charge in [-0.25, -0.2) is 0 Å². The van der Waals surface area contributed by atoms with Crippen LogP contribution in [-0.2, 0) is 4.79 Å². The van der Waals surface area contributed by atoms with E-state index in [0.29, 0.717) is 6.04 Å². The van der Waals surface area contributed by atoms with Gasteiger partial charge in [-0.15, -0.1) is 10.2 Å². The normalized spacial score (nSPS) is 19.2. The minimum absolute atomic E-state index is 0.0961. The van der Waals surface area contributed by atoms with Crippen molar-refractivity contribution in [2.24, 2.45) is 0 Å². The van der Waals surface area contributed by atoms with E-state index in [9.17, 15) is 4.79 Å². The van der Waals surface area contributed by atoms with Gasteiger partial charge >= 0.3 is 0 Å². The highest BCUT2D eigenvalue weighted by atomic mass is 32.2. The molecule has 1 aliphatic rings. The van der Waals surface area contributed by atoms with Gasteiger partial charge in [-0.2, -0.15) is 0 Å². The standard InChI is InChI=1S/C12H19N3OS2/c1-9(18-12-15-13-8-17-12)11(16)14-10-6-4-2-3-5-7-10/h8-10H,2-7H2,1H3,(H,14,16)/t9-/m0/s1. The molecular weight excluding hydrogens is 266 g/mol. The van der Waals surface area contributed by atoms with Crippen molar-refractivity contribution in [2.75, 3.05) is 0 Å². The number of amides is 1. The molecule has 1 fully saturated rings. The number of rotatable bonds is 4. The van der Waals surface area contributed by atoms with Crippen molar-refractivity contribution in [1.82, 2.24) is 15.5 Å². The molecule has 1 saturated carbocycles. The Morgan fingerprint density at radius 2 is 2.17 bits per heavy atom. The first-order valence-electron chi connectivity index (χ1n) is 6.49. The van der Waals surface area contributed by atoms with Crippen LogP contribution in [0.15, 0.2) is 9.85 Å². The summed E-state index contributed by atoms with van der Waals surface area (Å²) in [6.07, 6.45) is 7.35. The molecule has 0 aliphatic heterocycles. The fourth-order valence-electron chi connectivity index (χ4n) is 2.16. The minimum Gasteiger partial charge on any atom is -0.352 e. The summed E-state index contributed by atoms with van der Waals surface area (Å²) in [5.41, 5.74) is 1.69. The number of hydrogen-bond acceptors (Lipinski definition) is 5. The van der Waals surface area contributed by atoms with Crippen LogP contribution < -0.4 is 5.32 Å². The fourth-order valence-corrected chi connectivity index (χ4v) is 3.80. The number of nitrogens with zero attached hydrogens (tertiary/aromatic N) is 2. The summed E-state index contributed by atoms with van der Waals surface area (Å²) in [6.45, 7) is 1.93. The number of thioether (sulfide) groups is 1. The van der Waals surface area contributed by atoms with Crippen molar-refractivity contribution in [3.63, 3.8) is 0 Å². The number of hydrogen-bond donors (Lipinski definition) is 1. The van der Waals surface area contributed by atoms with Crippen molar-refractivity contribution in [3.05, 3.63) is 5.51 Å². The Kier molecular flexibility index (Phi) is 5.44. The maximum Gasteiger partial charge on any atom is 0.233 e. The summed E-state index contributed by atoms with van der Waals surface area (Å²) in [5, 5.41) is 10.8. The van der Waals surface area contributed by atoms with E-state index >= 15 is 0 Å². The first kappa shape index (κ1) is 13.8. The summed E-state index contributed by atoms with van der Waals surface area (Å²) in [5.74, 6) is 0.127. The van der Waals surface area contributed by atoms with Gasteiger partial charge in [0.15, 0.2) is 4.34 Å². The molecule has 1 amide bonds. The molecule has 1 aliphatic carbocycles. The van der Waals surface area contributed by atoms with Crippen molar-refractivity contribution >= 4 is 29.0 Å². The molecule has 0 aromatic carbocycles. The lowest BCUT2D eigenvalue weighted by Crippen LogP contribution is -2.39. The summed E-state index contributed by atoms with van der Waals surface area (Å²) < 4.78 is 0.860. The molecule has 1 atom stereocenters. The summed E-state index contributed by atoms with van der Waals surface area (Å²) in [4.78, 5) is 12.1. The van der Waals surface area contributed by atoms with Gasteiger partial charge in [0.2, 0.25) is 5.91 Å². The van der Waals surface area contributed by atoms with Crippen molar-refractivity contribution in [3.8, 4) is 0 Å². The molecule has 1 N–H and O–H groups in total. The molecular formula is C12H19N3OS2. The molecule has 1 aromatic heterocycles. The number of nitrogens with one attached hydrogen (secondary N) is 1. The van der Waals surface area contributed by atoms with Gasteiger partial charge in [0.25, 0.3) is 0 Å². The molecule has 0 radical (unpaired) electrons. The van der Waals surface area contributed by atoms with Crippen LogP contribution in [0.4, 0.5) is 0 Å². The van der Waals surface area contributed by atoms with E-state index in [0.717, 1.165) is 17.2 Å². The summed E-state index contributed by atoms with van der Waals surface area (Å²) in [7, 11) is 0. The van der Waals surface area contributed by atoms with Crippen LogP contribution in [0.3, 0.4) is 0 Å². The topological polar surface area (TPSA) is 54.9 Å². The predicted octanol–water partition coefficient (Wildman–Crippen LogP) is 2.86. The van der Waals surface area contributed by atoms with Crippen molar-refractivity contribution in [1.29, 1.82) is 0 Å². The zero-order chi connectivity index (χ0) is 12.8. The molecule has 1 heterocycles. The lowest BCUT2D eigenvalue weighted by Gasteiger charge is -2.18. The third kappa shape index (κ3) is 4.24. The highest BCUT2D eigenvalue weighted by molar-refractivity contribution is 8.02. The Hall–Kier alpha value is -0.620. The van der Waals surface area contributed by atoms with Gasteiger partial charge < -0.3 is 5.32 Å². The molecule has 2 rings (SSSR count). The van der Waals surface area contributed by atoms with E-state index in [1.807, 2.05) is 6.92 Å². The fraction of sp³-hybridized carbons (Fsp3) is 0.750. The summed E-state index contributed by atoms with van der Waals surface area (Å²) in [6, 6.07) is 0.373. The van der Waals surface area contributed by atoms with E-state index in [1.54, 1.807) is 5.51 Å². The van der Waals surface area contributed by atoms with Crippen molar-refractivity contribution in [2.45, 2.75) is 61.1 Å². The highest BCUT2D eigenvalue weighted by Crippen LogP contribution is 2.25. The van der Waals surface area contributed by atoms with E-state index in [1.165, 1.54) is 48.8 Å². The quantitative estimate of drug-likeness (QED) is 0.682. The zero-order valence-corrected chi connectivity index (χ0v) is 12.2. The first-order chi connectivity index (χ1) is 8.75. The van der Waals surface area contributed by atoms with Gasteiger partial charge in [-0.1, -0.05) is 48.8 Å². The van der Waals surface area contributed by atoms with Crippen LogP contribution in [-0.4, -0.2) is 27.4 Å². The molecule has 18 heavy (non-hydrogen) atoms. The molecule has 0 spiro atoms. The molecule has 1 aromatic rings. The Balaban J connectivity index is 1.79. The van der Waals surface area contributed by atoms with Crippen LogP contribution in [0.1, 0.15) is 45.4 Å². The third-order valence-corrected chi connectivity index (χ3v) is 5.10. The largest absolute Gasteiger partial charge is 0.352 e. The molecule has 0 unspecified atom stereocenters. The average Bonchev–Trinajstić information content (AvgIpc) is 2.72. The molecule has 0 saturated heterocycles. The second-order valence-electron chi connectivity index (χ2n) is 4.66. The van der Waals surface area contributed by atoms with Crippen LogP contribution in [0.5, 0.6) is 0 Å². The molecule has 4 nitrogen and oxygen atoms in total. The second-order valence-corrected chi connectivity index (χ2v) is 7.08. The molecule has 0 bridgehead atoms.